The van der Waals surface area contributed by atoms with Crippen molar-refractivity contribution in [2.45, 2.75) is 32.2 Å². The molecule has 0 bridgehead atoms. The van der Waals surface area contributed by atoms with Crippen LogP contribution in [0.5, 0.6) is 5.75 Å². The molecule has 1 aliphatic heterocycles. The minimum atomic E-state index is -0.122. The van der Waals surface area contributed by atoms with Crippen molar-refractivity contribution in [3.05, 3.63) is 23.8 Å². The molecule has 4 nitrogen and oxygen atoms in total. The van der Waals surface area contributed by atoms with E-state index in [0.717, 1.165) is 17.3 Å². The maximum atomic E-state index is 12.2. The predicted octanol–water partition coefficient (Wildman–Crippen LogP) is 2.59. The third-order valence-corrected chi connectivity index (χ3v) is 4.30. The molecule has 1 amide bonds. The van der Waals surface area contributed by atoms with E-state index in [1.165, 1.54) is 5.56 Å². The molecule has 1 aromatic carbocycles. The van der Waals surface area contributed by atoms with E-state index < -0.39 is 0 Å². The van der Waals surface area contributed by atoms with Crippen molar-refractivity contribution >= 4 is 23.4 Å². The second kappa shape index (κ2) is 6.06. The molecule has 1 aromatic rings. The molecular weight excluding hydrogens is 272 g/mol. The lowest BCUT2D eigenvalue weighted by molar-refractivity contribution is -0.117. The van der Waals surface area contributed by atoms with Crippen molar-refractivity contribution < 1.29 is 9.53 Å². The van der Waals surface area contributed by atoms with Gasteiger partial charge >= 0.3 is 0 Å². The van der Waals surface area contributed by atoms with Gasteiger partial charge in [0.2, 0.25) is 5.91 Å². The van der Waals surface area contributed by atoms with Crippen molar-refractivity contribution in [3.63, 3.8) is 0 Å². The van der Waals surface area contributed by atoms with Crippen molar-refractivity contribution in [1.29, 1.82) is 0 Å². The molecule has 110 valence electrons. The van der Waals surface area contributed by atoms with E-state index in [9.17, 15) is 4.79 Å². The van der Waals surface area contributed by atoms with Gasteiger partial charge in [-0.25, -0.2) is 0 Å². The largest absolute Gasteiger partial charge is 0.495 e. The van der Waals surface area contributed by atoms with Crippen LogP contribution in [0.15, 0.2) is 18.2 Å². The Balaban J connectivity index is 2.22. The van der Waals surface area contributed by atoms with Crippen LogP contribution in [0.4, 0.5) is 5.69 Å². The number of hydrogen-bond donors (Lipinski definition) is 2. The molecule has 1 aliphatic rings. The maximum absolute atomic E-state index is 12.2. The minimum absolute atomic E-state index is 0.000593. The Hall–Kier alpha value is -1.20. The van der Waals surface area contributed by atoms with E-state index in [1.807, 2.05) is 18.2 Å². The molecule has 1 saturated heterocycles. The first kappa shape index (κ1) is 15.2. The molecule has 1 fully saturated rings. The highest BCUT2D eigenvalue weighted by Gasteiger charge is 2.24. The van der Waals surface area contributed by atoms with Crippen LogP contribution in [0.25, 0.3) is 0 Å². The summed E-state index contributed by atoms with van der Waals surface area (Å²) in [5.41, 5.74) is 1.94. The maximum Gasteiger partial charge on any atom is 0.242 e. The number of benzene rings is 1. The van der Waals surface area contributed by atoms with E-state index in [0.29, 0.717) is 5.75 Å². The van der Waals surface area contributed by atoms with Gasteiger partial charge in [0.15, 0.2) is 0 Å². The monoisotopic (exact) mass is 294 g/mol. The molecule has 0 spiro atoms. The van der Waals surface area contributed by atoms with Gasteiger partial charge in [0.1, 0.15) is 5.75 Å². The zero-order chi connectivity index (χ0) is 14.8. The fourth-order valence-electron chi connectivity index (χ4n) is 2.06. The van der Waals surface area contributed by atoms with Gasteiger partial charge in [-0.1, -0.05) is 26.8 Å². The molecule has 0 aromatic heterocycles. The third-order valence-electron chi connectivity index (χ3n) is 3.36. The summed E-state index contributed by atoms with van der Waals surface area (Å²) in [6.07, 6.45) is 0. The number of amides is 1. The Morgan fingerprint density at radius 3 is 2.75 bits per heavy atom. The normalized spacial score (nSPS) is 18.9. The number of carbonyl (C=O) groups is 1. The van der Waals surface area contributed by atoms with Crippen LogP contribution < -0.4 is 15.4 Å². The second-order valence-corrected chi connectivity index (χ2v) is 6.96. The number of hydrogen-bond acceptors (Lipinski definition) is 4. The average Bonchev–Trinajstić information content (AvgIpc) is 2.91. The van der Waals surface area contributed by atoms with Crippen LogP contribution >= 0.6 is 11.8 Å². The van der Waals surface area contributed by atoms with Crippen LogP contribution in [0.3, 0.4) is 0 Å². The first-order valence-electron chi connectivity index (χ1n) is 6.72. The first-order chi connectivity index (χ1) is 9.41. The van der Waals surface area contributed by atoms with Crippen molar-refractivity contribution in [2.75, 3.05) is 24.1 Å². The van der Waals surface area contributed by atoms with Gasteiger partial charge in [-0.15, -0.1) is 11.8 Å². The van der Waals surface area contributed by atoms with E-state index in [2.05, 4.69) is 31.4 Å². The number of ether oxygens (including phenoxy) is 1. The van der Waals surface area contributed by atoms with Crippen molar-refractivity contribution in [2.24, 2.45) is 0 Å². The molecule has 2 rings (SSSR count). The average molecular weight is 294 g/mol. The summed E-state index contributed by atoms with van der Waals surface area (Å²) >= 11 is 1.74. The second-order valence-electron chi connectivity index (χ2n) is 5.93. The van der Waals surface area contributed by atoms with Crippen molar-refractivity contribution in [1.82, 2.24) is 5.32 Å². The Labute approximate surface area is 124 Å². The van der Waals surface area contributed by atoms with Crippen LogP contribution in [-0.4, -0.2) is 30.7 Å². The molecule has 1 unspecified atom stereocenters. The molecule has 1 heterocycles. The van der Waals surface area contributed by atoms with Gasteiger partial charge in [-0.2, -0.15) is 0 Å². The van der Waals surface area contributed by atoms with Crippen LogP contribution in [0.2, 0.25) is 0 Å². The number of thioether (sulfide) groups is 1. The molecule has 0 radical (unpaired) electrons. The number of methoxy groups -OCH3 is 1. The highest BCUT2D eigenvalue weighted by molar-refractivity contribution is 7.99. The van der Waals surface area contributed by atoms with Gasteiger partial charge < -0.3 is 10.1 Å². The molecule has 1 atom stereocenters. The minimum Gasteiger partial charge on any atom is -0.495 e. The summed E-state index contributed by atoms with van der Waals surface area (Å²) < 4.78 is 5.34. The first-order valence-corrected chi connectivity index (χ1v) is 7.88. The fraction of sp³-hybridized carbons (Fsp3) is 0.533. The van der Waals surface area contributed by atoms with Gasteiger partial charge in [0, 0.05) is 11.6 Å². The van der Waals surface area contributed by atoms with Crippen LogP contribution in [0.1, 0.15) is 26.3 Å². The fourth-order valence-corrected chi connectivity index (χ4v) is 3.00. The lowest BCUT2D eigenvalue weighted by atomic mass is 9.87. The Kier molecular flexibility index (Phi) is 4.60. The molecular formula is C15H22N2O2S. The van der Waals surface area contributed by atoms with Gasteiger partial charge in [0.05, 0.1) is 18.8 Å². The van der Waals surface area contributed by atoms with Gasteiger partial charge in [-0.05, 0) is 23.1 Å². The smallest absolute Gasteiger partial charge is 0.242 e. The zero-order valence-corrected chi connectivity index (χ0v) is 13.3. The summed E-state index contributed by atoms with van der Waals surface area (Å²) in [5.74, 6) is 2.33. The zero-order valence-electron chi connectivity index (χ0n) is 12.4. The van der Waals surface area contributed by atoms with E-state index in [4.69, 9.17) is 4.74 Å². The van der Waals surface area contributed by atoms with E-state index >= 15 is 0 Å². The van der Waals surface area contributed by atoms with Crippen LogP contribution in [0, 0.1) is 0 Å². The summed E-state index contributed by atoms with van der Waals surface area (Å²) in [6, 6.07) is 5.83. The third kappa shape index (κ3) is 3.46. The molecule has 0 saturated carbocycles. The summed E-state index contributed by atoms with van der Waals surface area (Å²) in [4.78, 5) is 12.2. The Morgan fingerprint density at radius 1 is 1.45 bits per heavy atom. The quantitative estimate of drug-likeness (QED) is 0.899. The Bertz CT molecular complexity index is 491. The van der Waals surface area contributed by atoms with Crippen LogP contribution in [-0.2, 0) is 10.2 Å². The number of anilines is 1. The lowest BCUT2D eigenvalue weighted by Gasteiger charge is -2.21. The molecule has 0 aliphatic carbocycles. The van der Waals surface area contributed by atoms with Gasteiger partial charge in [-0.3, -0.25) is 10.1 Å². The van der Waals surface area contributed by atoms with E-state index in [1.54, 1.807) is 18.9 Å². The highest BCUT2D eigenvalue weighted by atomic mass is 32.2. The standard InChI is InChI=1S/C15H22N2O2S/c1-15(2,3)10-5-6-13(19-4)11(7-10)17-14(18)12-8-20-9-16-12/h5-7,12,16H,8-9H2,1-4H3,(H,17,18). The number of carbonyl (C=O) groups excluding carboxylic acids is 1. The molecule has 5 heteroatoms. The van der Waals surface area contributed by atoms with E-state index in [-0.39, 0.29) is 17.4 Å². The molecule has 2 N–H and O–H groups in total. The topological polar surface area (TPSA) is 50.4 Å². The molecule has 20 heavy (non-hydrogen) atoms. The lowest BCUT2D eigenvalue weighted by Crippen LogP contribution is -2.37. The highest BCUT2D eigenvalue weighted by Crippen LogP contribution is 2.31. The summed E-state index contributed by atoms with van der Waals surface area (Å²) in [7, 11) is 1.62. The Morgan fingerprint density at radius 2 is 2.20 bits per heavy atom. The van der Waals surface area contributed by atoms with Crippen molar-refractivity contribution in [3.8, 4) is 5.75 Å². The number of nitrogens with one attached hydrogen (secondary N) is 2. The summed E-state index contributed by atoms with van der Waals surface area (Å²) in [5, 5.41) is 6.15. The predicted molar refractivity (Wildman–Crippen MR) is 84.6 cm³/mol. The van der Waals surface area contributed by atoms with Gasteiger partial charge in [0.25, 0.3) is 0 Å². The number of rotatable bonds is 3. The SMILES string of the molecule is COc1ccc(C(C)(C)C)cc1NC(=O)C1CSCN1. The summed E-state index contributed by atoms with van der Waals surface area (Å²) in [6.45, 7) is 6.45.